The molecule has 3 aromatic rings. The first-order valence-corrected chi connectivity index (χ1v) is 7.51. The van der Waals surface area contributed by atoms with E-state index >= 15 is 0 Å². The fourth-order valence-corrected chi connectivity index (χ4v) is 2.90. The van der Waals surface area contributed by atoms with Crippen LogP contribution < -0.4 is 5.32 Å². The highest BCUT2D eigenvalue weighted by molar-refractivity contribution is 5.88. The number of nitrogens with zero attached hydrogens (tertiary/aromatic N) is 6. The molecule has 0 spiro atoms. The zero-order valence-corrected chi connectivity index (χ0v) is 13.0. The predicted molar refractivity (Wildman–Crippen MR) is 84.1 cm³/mol. The number of hydrogen-bond acceptors (Lipinski definition) is 4. The van der Waals surface area contributed by atoms with Crippen LogP contribution in [0.4, 0.5) is 10.6 Å². The summed E-state index contributed by atoms with van der Waals surface area (Å²) < 4.78 is 3.79. The number of aryl methyl sites for hydroxylation is 1. The first kappa shape index (κ1) is 13.7. The van der Waals surface area contributed by atoms with Crippen LogP contribution in [-0.4, -0.2) is 41.6 Å². The zero-order chi connectivity index (χ0) is 16.0. The summed E-state index contributed by atoms with van der Waals surface area (Å²) in [6.45, 7) is 5.99. The third kappa shape index (κ3) is 2.23. The van der Waals surface area contributed by atoms with E-state index in [9.17, 15) is 4.79 Å². The number of imidazole rings is 1. The van der Waals surface area contributed by atoms with Gasteiger partial charge in [-0.25, -0.2) is 14.8 Å². The number of fused-ring (bicyclic) bond motifs is 2. The highest BCUT2D eigenvalue weighted by Crippen LogP contribution is 2.18. The normalized spacial score (nSPS) is 14.1. The Balaban J connectivity index is 1.55. The second-order valence-electron chi connectivity index (χ2n) is 5.63. The van der Waals surface area contributed by atoms with Crippen molar-refractivity contribution < 1.29 is 4.79 Å². The number of hydrogen-bond donors (Lipinski definition) is 1. The Morgan fingerprint density at radius 2 is 2.09 bits per heavy atom. The van der Waals surface area contributed by atoms with Crippen molar-refractivity contribution in [3.63, 3.8) is 0 Å². The van der Waals surface area contributed by atoms with E-state index in [2.05, 4.69) is 31.9 Å². The lowest BCUT2D eigenvalue weighted by molar-refractivity contribution is 0.195. The molecule has 0 unspecified atom stereocenters. The van der Waals surface area contributed by atoms with Crippen molar-refractivity contribution in [3.8, 4) is 0 Å². The van der Waals surface area contributed by atoms with E-state index in [1.165, 1.54) is 5.69 Å². The molecule has 0 fully saturated rings. The monoisotopic (exact) mass is 311 g/mol. The Hall–Kier alpha value is -2.90. The molecule has 23 heavy (non-hydrogen) atoms. The van der Waals surface area contributed by atoms with E-state index in [0.717, 1.165) is 18.1 Å². The smallest absolute Gasteiger partial charge is 0.323 e. The molecule has 2 amide bonds. The van der Waals surface area contributed by atoms with Crippen LogP contribution in [0.3, 0.4) is 0 Å². The number of anilines is 1. The van der Waals surface area contributed by atoms with Crippen molar-refractivity contribution in [3.05, 3.63) is 41.7 Å². The van der Waals surface area contributed by atoms with Crippen molar-refractivity contribution >= 4 is 17.5 Å². The van der Waals surface area contributed by atoms with Crippen LogP contribution in [0, 0.1) is 13.8 Å². The minimum absolute atomic E-state index is 0.155. The molecule has 0 aromatic carbocycles. The minimum atomic E-state index is -0.155. The maximum absolute atomic E-state index is 12.6. The van der Waals surface area contributed by atoms with E-state index in [1.807, 2.05) is 6.92 Å². The second kappa shape index (κ2) is 5.08. The fraction of sp³-hybridized carbons (Fsp3) is 0.333. The Kier molecular flexibility index (Phi) is 3.03. The molecule has 0 saturated carbocycles. The standard InChI is InChI=1S/C15H17N7O/c1-10-11(2)21-8-7-20(9-14(21)18-10)15(23)19-13-3-5-16-12-4-6-17-22(12)13/h3-6H,7-9H2,1-2H3,(H,19,23). The predicted octanol–water partition coefficient (Wildman–Crippen LogP) is 1.59. The quantitative estimate of drug-likeness (QED) is 0.740. The Labute approximate surface area is 132 Å². The molecule has 1 aliphatic heterocycles. The van der Waals surface area contributed by atoms with E-state index in [-0.39, 0.29) is 6.03 Å². The average molecular weight is 311 g/mol. The van der Waals surface area contributed by atoms with E-state index in [4.69, 9.17) is 0 Å². The topological polar surface area (TPSA) is 80.3 Å². The van der Waals surface area contributed by atoms with Gasteiger partial charge in [0.25, 0.3) is 0 Å². The van der Waals surface area contributed by atoms with Gasteiger partial charge in [0, 0.05) is 31.0 Å². The number of nitrogens with one attached hydrogen (secondary N) is 1. The summed E-state index contributed by atoms with van der Waals surface area (Å²) in [7, 11) is 0. The zero-order valence-electron chi connectivity index (χ0n) is 13.0. The molecule has 0 atom stereocenters. The molecule has 1 aliphatic rings. The summed E-state index contributed by atoms with van der Waals surface area (Å²) in [4.78, 5) is 23.0. The van der Waals surface area contributed by atoms with Crippen LogP contribution in [0.1, 0.15) is 17.2 Å². The molecule has 8 heteroatoms. The van der Waals surface area contributed by atoms with Gasteiger partial charge in [0.15, 0.2) is 5.65 Å². The molecule has 4 heterocycles. The Bertz CT molecular complexity index is 895. The minimum Gasteiger partial charge on any atom is -0.329 e. The molecular formula is C15H17N7O. The molecule has 8 nitrogen and oxygen atoms in total. The van der Waals surface area contributed by atoms with Gasteiger partial charge in [-0.2, -0.15) is 9.61 Å². The second-order valence-corrected chi connectivity index (χ2v) is 5.63. The van der Waals surface area contributed by atoms with Crippen LogP contribution in [0.25, 0.3) is 5.65 Å². The highest BCUT2D eigenvalue weighted by Gasteiger charge is 2.24. The molecule has 3 aromatic heterocycles. The largest absolute Gasteiger partial charge is 0.329 e. The number of amides is 2. The van der Waals surface area contributed by atoms with Crippen LogP contribution in [0.2, 0.25) is 0 Å². The average Bonchev–Trinajstić information content (AvgIpc) is 3.13. The van der Waals surface area contributed by atoms with E-state index in [1.54, 1.807) is 33.9 Å². The molecule has 4 rings (SSSR count). The lowest BCUT2D eigenvalue weighted by Crippen LogP contribution is -2.41. The third-order valence-electron chi connectivity index (χ3n) is 4.27. The van der Waals surface area contributed by atoms with Gasteiger partial charge in [0.2, 0.25) is 0 Å². The van der Waals surface area contributed by atoms with Crippen molar-refractivity contribution in [1.29, 1.82) is 0 Å². The molecular weight excluding hydrogens is 294 g/mol. The first-order valence-electron chi connectivity index (χ1n) is 7.51. The number of rotatable bonds is 1. The summed E-state index contributed by atoms with van der Waals surface area (Å²) in [5.74, 6) is 1.53. The molecule has 0 aliphatic carbocycles. The van der Waals surface area contributed by atoms with Crippen molar-refractivity contribution in [1.82, 2.24) is 29.0 Å². The number of urea groups is 1. The van der Waals surface area contributed by atoms with Crippen LogP contribution in [0.15, 0.2) is 24.5 Å². The molecule has 1 N–H and O–H groups in total. The summed E-state index contributed by atoms with van der Waals surface area (Å²) in [6, 6.07) is 3.37. The van der Waals surface area contributed by atoms with Crippen molar-refractivity contribution in [2.75, 3.05) is 11.9 Å². The molecule has 0 radical (unpaired) electrons. The number of carbonyl (C=O) groups is 1. The molecule has 0 saturated heterocycles. The SMILES string of the molecule is Cc1nc2n(c1C)CCN(C(=O)Nc1ccnc3ccnn13)C2. The molecule has 0 bridgehead atoms. The third-order valence-corrected chi connectivity index (χ3v) is 4.27. The van der Waals surface area contributed by atoms with Crippen LogP contribution in [-0.2, 0) is 13.1 Å². The van der Waals surface area contributed by atoms with Crippen LogP contribution >= 0.6 is 0 Å². The fourth-order valence-electron chi connectivity index (χ4n) is 2.90. The van der Waals surface area contributed by atoms with Crippen molar-refractivity contribution in [2.45, 2.75) is 26.9 Å². The summed E-state index contributed by atoms with van der Waals surface area (Å²) in [5.41, 5.74) is 2.89. The Morgan fingerprint density at radius 1 is 1.22 bits per heavy atom. The van der Waals surface area contributed by atoms with Gasteiger partial charge in [0.1, 0.15) is 11.6 Å². The maximum Gasteiger partial charge on any atom is 0.323 e. The van der Waals surface area contributed by atoms with Crippen molar-refractivity contribution in [2.24, 2.45) is 0 Å². The van der Waals surface area contributed by atoms with E-state index in [0.29, 0.717) is 24.6 Å². The van der Waals surface area contributed by atoms with Gasteiger partial charge in [0.05, 0.1) is 18.4 Å². The lowest BCUT2D eigenvalue weighted by Gasteiger charge is -2.28. The lowest BCUT2D eigenvalue weighted by atomic mass is 10.3. The van der Waals surface area contributed by atoms with Gasteiger partial charge in [-0.3, -0.25) is 5.32 Å². The summed E-state index contributed by atoms with van der Waals surface area (Å²) in [6.07, 6.45) is 3.31. The summed E-state index contributed by atoms with van der Waals surface area (Å²) >= 11 is 0. The van der Waals surface area contributed by atoms with Gasteiger partial charge >= 0.3 is 6.03 Å². The highest BCUT2D eigenvalue weighted by atomic mass is 16.2. The Morgan fingerprint density at radius 3 is 2.96 bits per heavy atom. The molecule has 118 valence electrons. The van der Waals surface area contributed by atoms with Gasteiger partial charge < -0.3 is 9.47 Å². The maximum atomic E-state index is 12.6. The number of carbonyl (C=O) groups excluding carboxylic acids is 1. The van der Waals surface area contributed by atoms with Gasteiger partial charge in [-0.1, -0.05) is 0 Å². The van der Waals surface area contributed by atoms with E-state index < -0.39 is 0 Å². The van der Waals surface area contributed by atoms with Gasteiger partial charge in [-0.15, -0.1) is 0 Å². The first-order chi connectivity index (χ1) is 11.1. The van der Waals surface area contributed by atoms with Gasteiger partial charge in [-0.05, 0) is 19.9 Å². The summed E-state index contributed by atoms with van der Waals surface area (Å²) in [5, 5.41) is 7.08. The van der Waals surface area contributed by atoms with Crippen LogP contribution in [0.5, 0.6) is 0 Å². The number of aromatic nitrogens is 5.